The van der Waals surface area contributed by atoms with E-state index in [1.54, 1.807) is 0 Å². The van der Waals surface area contributed by atoms with Crippen LogP contribution in [0.5, 0.6) is 5.75 Å². The maximum absolute atomic E-state index is 11.7. The second-order valence-electron chi connectivity index (χ2n) is 3.89. The Labute approximate surface area is 114 Å². The molecule has 20 heavy (non-hydrogen) atoms. The molecular formula is C12H15NO7. The molecule has 0 amide bonds. The Kier molecular flexibility index (Phi) is 5.13. The number of esters is 1. The third-order valence-corrected chi connectivity index (χ3v) is 2.65. The molecule has 0 bridgehead atoms. The average molecular weight is 285 g/mol. The maximum atomic E-state index is 11.7. The molecule has 1 aromatic rings. The van der Waals surface area contributed by atoms with Crippen LogP contribution in [0.15, 0.2) is 6.07 Å². The summed E-state index contributed by atoms with van der Waals surface area (Å²) in [6, 6.07) is 1.20. The number of methoxy groups -OCH3 is 2. The maximum Gasteiger partial charge on any atom is 0.358 e. The van der Waals surface area contributed by atoms with Gasteiger partial charge in [0, 0.05) is 19.0 Å². The van der Waals surface area contributed by atoms with Gasteiger partial charge >= 0.3 is 17.9 Å². The van der Waals surface area contributed by atoms with E-state index in [1.807, 2.05) is 0 Å². The summed E-state index contributed by atoms with van der Waals surface area (Å²) in [6.07, 6.45) is 0.0393. The predicted molar refractivity (Wildman–Crippen MR) is 66.2 cm³/mol. The minimum atomic E-state index is -1.24. The summed E-state index contributed by atoms with van der Waals surface area (Å²) in [5, 5.41) is 17.7. The molecule has 0 fully saturated rings. The van der Waals surface area contributed by atoms with E-state index in [1.165, 1.54) is 17.7 Å². The Morgan fingerprint density at radius 2 is 1.90 bits per heavy atom. The largest absolute Gasteiger partial charge is 0.494 e. The molecule has 0 aliphatic rings. The van der Waals surface area contributed by atoms with Gasteiger partial charge in [-0.2, -0.15) is 0 Å². The van der Waals surface area contributed by atoms with Gasteiger partial charge in [-0.1, -0.05) is 0 Å². The Morgan fingerprint density at radius 3 is 2.35 bits per heavy atom. The molecule has 8 nitrogen and oxygen atoms in total. The van der Waals surface area contributed by atoms with E-state index in [2.05, 4.69) is 4.74 Å². The summed E-state index contributed by atoms with van der Waals surface area (Å²) in [7, 11) is 2.46. The monoisotopic (exact) mass is 285 g/mol. The lowest BCUT2D eigenvalue weighted by molar-refractivity contribution is -0.137. The number of nitrogens with zero attached hydrogens (tertiary/aromatic N) is 1. The number of aliphatic carboxylic acids is 1. The fourth-order valence-electron chi connectivity index (χ4n) is 1.78. The van der Waals surface area contributed by atoms with Gasteiger partial charge < -0.3 is 24.3 Å². The SMILES string of the molecule is COC(=O)c1c(OC)cc(C(=O)O)n1CCCC(=O)O. The number of aromatic carboxylic acids is 1. The van der Waals surface area contributed by atoms with E-state index in [4.69, 9.17) is 14.9 Å². The minimum Gasteiger partial charge on any atom is -0.494 e. The number of aromatic nitrogens is 1. The van der Waals surface area contributed by atoms with Crippen LogP contribution in [0.2, 0.25) is 0 Å². The molecule has 2 N–H and O–H groups in total. The molecule has 8 heteroatoms. The van der Waals surface area contributed by atoms with Crippen molar-refractivity contribution in [2.24, 2.45) is 0 Å². The molecule has 0 atom stereocenters. The van der Waals surface area contributed by atoms with Crippen LogP contribution in [0.25, 0.3) is 0 Å². The second kappa shape index (κ2) is 6.60. The lowest BCUT2D eigenvalue weighted by Crippen LogP contribution is -2.16. The van der Waals surface area contributed by atoms with Crippen molar-refractivity contribution in [3.63, 3.8) is 0 Å². The van der Waals surface area contributed by atoms with E-state index >= 15 is 0 Å². The van der Waals surface area contributed by atoms with E-state index in [0.29, 0.717) is 0 Å². The summed E-state index contributed by atoms with van der Waals surface area (Å²) in [4.78, 5) is 33.4. The van der Waals surface area contributed by atoms with Crippen molar-refractivity contribution in [3.05, 3.63) is 17.5 Å². The Balaban J connectivity index is 3.20. The highest BCUT2D eigenvalue weighted by atomic mass is 16.5. The summed E-state index contributed by atoms with van der Waals surface area (Å²) >= 11 is 0. The highest BCUT2D eigenvalue weighted by Crippen LogP contribution is 2.25. The number of carbonyl (C=O) groups is 3. The lowest BCUT2D eigenvalue weighted by Gasteiger charge is -2.10. The smallest absolute Gasteiger partial charge is 0.358 e. The molecule has 0 saturated heterocycles. The number of ether oxygens (including phenoxy) is 2. The van der Waals surface area contributed by atoms with Crippen molar-refractivity contribution in [1.82, 2.24) is 4.57 Å². The van der Waals surface area contributed by atoms with Crippen molar-refractivity contribution < 1.29 is 34.1 Å². The number of rotatable bonds is 7. The normalized spacial score (nSPS) is 10.1. The zero-order valence-electron chi connectivity index (χ0n) is 11.1. The zero-order valence-corrected chi connectivity index (χ0v) is 11.1. The first-order valence-corrected chi connectivity index (χ1v) is 5.73. The minimum absolute atomic E-state index is 0.0437. The Bertz CT molecular complexity index is 532. The first-order valence-electron chi connectivity index (χ1n) is 5.73. The third kappa shape index (κ3) is 3.28. The number of hydrogen-bond donors (Lipinski definition) is 2. The second-order valence-corrected chi connectivity index (χ2v) is 3.89. The summed E-state index contributed by atoms with van der Waals surface area (Å²) in [5.41, 5.74) is -0.203. The van der Waals surface area contributed by atoms with Gasteiger partial charge in [-0.15, -0.1) is 0 Å². The first-order chi connectivity index (χ1) is 9.42. The quantitative estimate of drug-likeness (QED) is 0.713. The number of carboxylic acids is 2. The van der Waals surface area contributed by atoms with Crippen LogP contribution in [0.4, 0.5) is 0 Å². The van der Waals surface area contributed by atoms with Crippen molar-refractivity contribution in [1.29, 1.82) is 0 Å². The van der Waals surface area contributed by atoms with Gasteiger partial charge in [0.25, 0.3) is 0 Å². The molecule has 1 aromatic heterocycles. The topological polar surface area (TPSA) is 115 Å². The van der Waals surface area contributed by atoms with Gasteiger partial charge in [-0.25, -0.2) is 9.59 Å². The molecule has 110 valence electrons. The van der Waals surface area contributed by atoms with Gasteiger partial charge in [-0.3, -0.25) is 4.79 Å². The summed E-state index contributed by atoms with van der Waals surface area (Å²) in [5.74, 6) is -2.91. The van der Waals surface area contributed by atoms with E-state index in [-0.39, 0.29) is 36.5 Å². The molecule has 0 aliphatic carbocycles. The van der Waals surface area contributed by atoms with Gasteiger partial charge in [0.1, 0.15) is 5.69 Å². The number of hydrogen-bond acceptors (Lipinski definition) is 5. The fourth-order valence-corrected chi connectivity index (χ4v) is 1.78. The zero-order chi connectivity index (χ0) is 15.3. The van der Waals surface area contributed by atoms with Crippen molar-refractivity contribution >= 4 is 17.9 Å². The molecule has 1 heterocycles. The first kappa shape index (κ1) is 15.5. The molecule has 0 spiro atoms. The summed E-state index contributed by atoms with van der Waals surface area (Å²) < 4.78 is 10.7. The molecular weight excluding hydrogens is 270 g/mol. The average Bonchev–Trinajstić information content (AvgIpc) is 2.76. The van der Waals surface area contributed by atoms with E-state index in [0.717, 1.165) is 7.11 Å². The van der Waals surface area contributed by atoms with Crippen LogP contribution in [-0.2, 0) is 16.1 Å². The molecule has 0 unspecified atom stereocenters. The molecule has 1 rings (SSSR count). The number of carbonyl (C=O) groups excluding carboxylic acids is 1. The third-order valence-electron chi connectivity index (χ3n) is 2.65. The molecule has 0 aliphatic heterocycles. The fraction of sp³-hybridized carbons (Fsp3) is 0.417. The van der Waals surface area contributed by atoms with Crippen LogP contribution >= 0.6 is 0 Å². The van der Waals surface area contributed by atoms with Crippen LogP contribution < -0.4 is 4.74 Å². The highest BCUT2D eigenvalue weighted by Gasteiger charge is 2.25. The van der Waals surface area contributed by atoms with Crippen molar-refractivity contribution in [2.75, 3.05) is 14.2 Å². The van der Waals surface area contributed by atoms with Gasteiger partial charge in [0.15, 0.2) is 11.4 Å². The molecule has 0 saturated carbocycles. The van der Waals surface area contributed by atoms with Gasteiger partial charge in [0.05, 0.1) is 14.2 Å². The van der Waals surface area contributed by atoms with Crippen molar-refractivity contribution in [2.45, 2.75) is 19.4 Å². The molecule has 0 radical (unpaired) electrons. The van der Waals surface area contributed by atoms with Gasteiger partial charge in [0.2, 0.25) is 0 Å². The van der Waals surface area contributed by atoms with E-state index in [9.17, 15) is 14.4 Å². The van der Waals surface area contributed by atoms with Crippen molar-refractivity contribution in [3.8, 4) is 5.75 Å². The van der Waals surface area contributed by atoms with Crippen LogP contribution in [0.1, 0.15) is 33.8 Å². The van der Waals surface area contributed by atoms with Crippen LogP contribution in [0.3, 0.4) is 0 Å². The number of carboxylic acid groups (broad SMARTS) is 2. The molecule has 0 aromatic carbocycles. The van der Waals surface area contributed by atoms with Crippen LogP contribution in [-0.4, -0.2) is 46.9 Å². The predicted octanol–water partition coefficient (Wildman–Crippen LogP) is 0.846. The highest BCUT2D eigenvalue weighted by molar-refractivity contribution is 5.95. The Hall–Kier alpha value is -2.51. The Morgan fingerprint density at radius 1 is 1.25 bits per heavy atom. The van der Waals surface area contributed by atoms with E-state index < -0.39 is 17.9 Å². The van der Waals surface area contributed by atoms with Crippen LogP contribution in [0, 0.1) is 0 Å². The lowest BCUT2D eigenvalue weighted by atomic mass is 10.3. The van der Waals surface area contributed by atoms with Gasteiger partial charge in [-0.05, 0) is 6.42 Å². The summed E-state index contributed by atoms with van der Waals surface area (Å²) in [6.45, 7) is 0.0573. The standard InChI is InChI=1S/C12H15NO7/c1-19-8-6-7(11(16)17)13(5-3-4-9(14)15)10(8)12(18)20-2/h6H,3-5H2,1-2H3,(H,14,15)(H,16,17).